The van der Waals surface area contributed by atoms with Crippen LogP contribution in [0.3, 0.4) is 0 Å². The largest absolute Gasteiger partial charge is 0.512 e. The van der Waals surface area contributed by atoms with Crippen molar-refractivity contribution in [2.75, 3.05) is 33.2 Å². The predicted molar refractivity (Wildman–Crippen MR) is 75.9 cm³/mol. The zero-order valence-corrected chi connectivity index (χ0v) is 16.0. The van der Waals surface area contributed by atoms with Crippen LogP contribution in [0.25, 0.3) is 0 Å². The molecule has 1 rings (SSSR count). The molecule has 180 valence electrons. The quantitative estimate of drug-likeness (QED) is 0.412. The van der Waals surface area contributed by atoms with Crippen molar-refractivity contribution >= 4 is 20.0 Å². The van der Waals surface area contributed by atoms with Gasteiger partial charge in [-0.15, -0.1) is 0 Å². The highest BCUT2D eigenvalue weighted by atomic mass is 32.3. The first-order valence-corrected chi connectivity index (χ1v) is 10.2. The van der Waals surface area contributed by atoms with Crippen molar-refractivity contribution in [3.8, 4) is 0 Å². The molecule has 0 radical (unpaired) electrons. The number of nitrogens with zero attached hydrogens (tertiary/aromatic N) is 2. The van der Waals surface area contributed by atoms with Crippen molar-refractivity contribution < 1.29 is 65.1 Å². The van der Waals surface area contributed by atoms with E-state index in [1.54, 1.807) is 0 Å². The van der Waals surface area contributed by atoms with Gasteiger partial charge in [-0.25, -0.2) is 21.7 Å². The van der Waals surface area contributed by atoms with Crippen molar-refractivity contribution in [3.63, 3.8) is 0 Å². The average molecular weight is 511 g/mol. The SMILES string of the molecule is CN1CCN(C(F)(F)C(F)(F)C(F)(F)C(F)(F)S(=O)(=O)NS(=O)(=O)C(F)(F)F)CC1. The van der Waals surface area contributed by atoms with Gasteiger partial charge in [0, 0.05) is 26.2 Å². The first kappa shape index (κ1) is 27.0. The molecule has 1 fully saturated rings. The van der Waals surface area contributed by atoms with Gasteiger partial charge in [0.15, 0.2) is 0 Å². The molecular formula is C10H12F11N3O4S2. The topological polar surface area (TPSA) is 86.8 Å². The number of nitrogens with one attached hydrogen (secondary N) is 1. The number of alkyl halides is 11. The Morgan fingerprint density at radius 1 is 0.667 bits per heavy atom. The number of rotatable bonds is 7. The van der Waals surface area contributed by atoms with Gasteiger partial charge in [-0.2, -0.15) is 48.3 Å². The summed E-state index contributed by atoms with van der Waals surface area (Å²) in [5, 5.41) is -7.42. The number of likely N-dealkylation sites (N-methyl/N-ethyl adjacent to an activating group) is 1. The van der Waals surface area contributed by atoms with Crippen LogP contribution in [0.4, 0.5) is 48.3 Å². The molecule has 20 heteroatoms. The number of halogens is 11. The van der Waals surface area contributed by atoms with Gasteiger partial charge in [0.2, 0.25) is 0 Å². The normalized spacial score (nSPS) is 19.9. The Morgan fingerprint density at radius 2 is 1.07 bits per heavy atom. The lowest BCUT2D eigenvalue weighted by molar-refractivity contribution is -0.383. The summed E-state index contributed by atoms with van der Waals surface area (Å²) in [7, 11) is -13.8. The van der Waals surface area contributed by atoms with Gasteiger partial charge in [-0.1, -0.05) is 4.13 Å². The molecule has 1 saturated heterocycles. The van der Waals surface area contributed by atoms with E-state index in [9.17, 15) is 65.1 Å². The molecule has 0 aromatic heterocycles. The molecular weight excluding hydrogens is 499 g/mol. The van der Waals surface area contributed by atoms with Crippen LogP contribution in [0.15, 0.2) is 0 Å². The highest BCUT2D eigenvalue weighted by molar-refractivity contribution is 8.05. The molecule has 0 bridgehead atoms. The van der Waals surface area contributed by atoms with Gasteiger partial charge in [-0.05, 0) is 7.05 Å². The molecule has 0 aromatic carbocycles. The van der Waals surface area contributed by atoms with Gasteiger partial charge in [0.1, 0.15) is 0 Å². The second-order valence-corrected chi connectivity index (χ2v) is 9.69. The molecule has 1 heterocycles. The molecule has 0 spiro atoms. The molecule has 1 N–H and O–H groups in total. The fourth-order valence-corrected chi connectivity index (χ4v) is 4.49. The Morgan fingerprint density at radius 3 is 1.43 bits per heavy atom. The van der Waals surface area contributed by atoms with Gasteiger partial charge in [-0.3, -0.25) is 0 Å². The van der Waals surface area contributed by atoms with Crippen LogP contribution >= 0.6 is 0 Å². The minimum absolute atomic E-state index is 0.405. The van der Waals surface area contributed by atoms with Gasteiger partial charge < -0.3 is 4.90 Å². The average Bonchev–Trinajstić information content (AvgIpc) is 2.52. The maximum absolute atomic E-state index is 14.0. The Bertz CT molecular complexity index is 849. The highest BCUT2D eigenvalue weighted by Crippen LogP contribution is 2.55. The Labute approximate surface area is 161 Å². The molecule has 0 aliphatic carbocycles. The lowest BCUT2D eigenvalue weighted by Gasteiger charge is -2.43. The van der Waals surface area contributed by atoms with Crippen LogP contribution in [0.1, 0.15) is 0 Å². The number of hydrogen-bond donors (Lipinski definition) is 1. The molecule has 0 aromatic rings. The molecule has 7 nitrogen and oxygen atoms in total. The van der Waals surface area contributed by atoms with Crippen molar-refractivity contribution in [1.29, 1.82) is 0 Å². The van der Waals surface area contributed by atoms with E-state index in [2.05, 4.69) is 0 Å². The molecule has 0 saturated carbocycles. The van der Waals surface area contributed by atoms with Crippen molar-refractivity contribution in [2.24, 2.45) is 0 Å². The summed E-state index contributed by atoms with van der Waals surface area (Å²) < 4.78 is 190. The standard InChI is InChI=1S/C10H12F11N3O4S2/c1-23-2-4-24(5-3-23)8(15,16)6(11,12)7(13,14)9(17,18)29(25,26)22-30(27,28)10(19,20)21/h22H,2-5H2,1H3. The molecule has 1 aliphatic rings. The molecule has 30 heavy (non-hydrogen) atoms. The maximum Gasteiger partial charge on any atom is 0.512 e. The van der Waals surface area contributed by atoms with E-state index < -0.39 is 83.9 Å². The zero-order valence-electron chi connectivity index (χ0n) is 14.3. The van der Waals surface area contributed by atoms with Gasteiger partial charge in [0.25, 0.3) is 10.0 Å². The number of hydrogen-bond acceptors (Lipinski definition) is 6. The van der Waals surface area contributed by atoms with E-state index in [1.807, 2.05) is 0 Å². The summed E-state index contributed by atoms with van der Waals surface area (Å²) >= 11 is 0. The van der Waals surface area contributed by atoms with Crippen LogP contribution < -0.4 is 4.13 Å². The van der Waals surface area contributed by atoms with Crippen LogP contribution in [0.2, 0.25) is 0 Å². The number of sulfonamides is 2. The summed E-state index contributed by atoms with van der Waals surface area (Å²) in [5.41, 5.74) is -6.64. The van der Waals surface area contributed by atoms with E-state index >= 15 is 0 Å². The third-order valence-corrected chi connectivity index (χ3v) is 7.20. The summed E-state index contributed by atoms with van der Waals surface area (Å²) in [5.74, 6) is -14.7. The fourth-order valence-electron chi connectivity index (χ4n) is 2.07. The highest BCUT2D eigenvalue weighted by Gasteiger charge is 2.85. The van der Waals surface area contributed by atoms with Crippen LogP contribution in [0, 0.1) is 0 Å². The lowest BCUT2D eigenvalue weighted by Crippen LogP contribution is -2.71. The minimum atomic E-state index is -7.82. The van der Waals surface area contributed by atoms with E-state index in [1.165, 1.54) is 11.9 Å². The smallest absolute Gasteiger partial charge is 0.304 e. The Balaban J connectivity index is 3.41. The summed E-state index contributed by atoms with van der Waals surface area (Å²) in [4.78, 5) is 0.622. The van der Waals surface area contributed by atoms with Gasteiger partial charge in [0.05, 0.1) is 0 Å². The second kappa shape index (κ2) is 7.55. The third-order valence-electron chi connectivity index (χ3n) is 3.90. The molecule has 0 atom stereocenters. The van der Waals surface area contributed by atoms with E-state index in [4.69, 9.17) is 0 Å². The lowest BCUT2D eigenvalue weighted by atomic mass is 10.1. The molecule has 0 unspecified atom stereocenters. The van der Waals surface area contributed by atoms with Crippen LogP contribution in [-0.2, 0) is 20.0 Å². The summed E-state index contributed by atoms with van der Waals surface area (Å²) in [6.07, 6.45) is 0. The second-order valence-electron chi connectivity index (χ2n) is 6.03. The van der Waals surface area contributed by atoms with Gasteiger partial charge >= 0.3 is 38.7 Å². The Hall–Kier alpha value is -0.990. The van der Waals surface area contributed by atoms with Crippen LogP contribution in [0.5, 0.6) is 0 Å². The molecule has 0 amide bonds. The van der Waals surface area contributed by atoms with E-state index in [0.29, 0.717) is 0 Å². The first-order valence-electron chi connectivity index (χ1n) is 7.25. The van der Waals surface area contributed by atoms with E-state index in [0.717, 1.165) is 0 Å². The van der Waals surface area contributed by atoms with E-state index in [-0.39, 0.29) is 0 Å². The maximum atomic E-state index is 14.0. The van der Waals surface area contributed by atoms with Crippen molar-refractivity contribution in [3.05, 3.63) is 0 Å². The first-order chi connectivity index (χ1) is 13.0. The monoisotopic (exact) mass is 511 g/mol. The minimum Gasteiger partial charge on any atom is -0.304 e. The third kappa shape index (κ3) is 4.19. The Kier molecular flexibility index (Phi) is 6.81. The van der Waals surface area contributed by atoms with Crippen molar-refractivity contribution in [2.45, 2.75) is 28.7 Å². The fraction of sp³-hybridized carbons (Fsp3) is 1.00. The zero-order chi connectivity index (χ0) is 24.2. The predicted octanol–water partition coefficient (Wildman–Crippen LogP) is 1.46. The summed E-state index contributed by atoms with van der Waals surface area (Å²) in [6, 6.07) is -6.10. The molecule has 1 aliphatic heterocycles. The van der Waals surface area contributed by atoms with Crippen molar-refractivity contribution in [1.82, 2.24) is 13.9 Å². The van der Waals surface area contributed by atoms with Crippen LogP contribution in [-0.4, -0.2) is 88.5 Å². The summed E-state index contributed by atoms with van der Waals surface area (Å²) in [6.45, 7) is -2.91. The number of piperazine rings is 1.